The molecule has 2 nitrogen and oxygen atoms in total. The van der Waals surface area contributed by atoms with Crippen LogP contribution in [0, 0.1) is 5.82 Å². The smallest absolute Gasteiger partial charge is 0.123 e. The Morgan fingerprint density at radius 3 is 2.56 bits per heavy atom. The van der Waals surface area contributed by atoms with Gasteiger partial charge in [-0.3, -0.25) is 0 Å². The number of hydrogen-bond acceptors (Lipinski definition) is 2. The Balaban J connectivity index is 2.19. The molecule has 18 heavy (non-hydrogen) atoms. The molecule has 0 unspecified atom stereocenters. The maximum absolute atomic E-state index is 13.1. The number of benzene rings is 2. The Bertz CT molecular complexity index is 525. The Morgan fingerprint density at radius 2 is 1.89 bits per heavy atom. The average molecular weight is 244 g/mol. The van der Waals surface area contributed by atoms with Crippen molar-refractivity contribution in [1.29, 1.82) is 0 Å². The van der Waals surface area contributed by atoms with E-state index in [4.69, 9.17) is 5.73 Å². The van der Waals surface area contributed by atoms with Gasteiger partial charge in [0.1, 0.15) is 5.82 Å². The second kappa shape index (κ2) is 5.54. The van der Waals surface area contributed by atoms with Crippen LogP contribution in [-0.2, 0) is 6.54 Å². The van der Waals surface area contributed by atoms with E-state index in [1.54, 1.807) is 12.1 Å². The quantitative estimate of drug-likeness (QED) is 0.835. The maximum atomic E-state index is 13.1. The largest absolute Gasteiger partial charge is 0.399 e. The van der Waals surface area contributed by atoms with Crippen LogP contribution in [0.5, 0.6) is 0 Å². The van der Waals surface area contributed by atoms with Crippen LogP contribution in [0.1, 0.15) is 12.5 Å². The molecule has 2 rings (SSSR count). The summed E-state index contributed by atoms with van der Waals surface area (Å²) in [4.78, 5) is 2.16. The summed E-state index contributed by atoms with van der Waals surface area (Å²) >= 11 is 0. The van der Waals surface area contributed by atoms with E-state index in [1.807, 2.05) is 30.3 Å². The number of nitrogen functional groups attached to an aromatic ring is 1. The summed E-state index contributed by atoms with van der Waals surface area (Å²) in [6.45, 7) is 3.60. The standard InChI is InChI=1S/C15H17FN2/c1-2-18(15-8-4-7-14(17)10-15)11-12-5-3-6-13(16)9-12/h3-10H,2,11,17H2,1H3. The fourth-order valence-corrected chi connectivity index (χ4v) is 1.96. The highest BCUT2D eigenvalue weighted by Gasteiger charge is 2.06. The Hall–Kier alpha value is -2.03. The van der Waals surface area contributed by atoms with Crippen molar-refractivity contribution in [3.63, 3.8) is 0 Å². The van der Waals surface area contributed by atoms with Gasteiger partial charge in [0, 0.05) is 24.5 Å². The molecule has 0 aliphatic rings. The molecule has 0 bridgehead atoms. The molecule has 0 atom stereocenters. The predicted octanol–water partition coefficient (Wildman–Crippen LogP) is 3.43. The van der Waals surface area contributed by atoms with E-state index in [2.05, 4.69) is 11.8 Å². The van der Waals surface area contributed by atoms with Crippen molar-refractivity contribution in [2.75, 3.05) is 17.2 Å². The van der Waals surface area contributed by atoms with Crippen LogP contribution in [0.3, 0.4) is 0 Å². The third-order valence-electron chi connectivity index (χ3n) is 2.88. The van der Waals surface area contributed by atoms with Gasteiger partial charge in [0.05, 0.1) is 0 Å². The number of rotatable bonds is 4. The van der Waals surface area contributed by atoms with E-state index < -0.39 is 0 Å². The lowest BCUT2D eigenvalue weighted by Gasteiger charge is -2.23. The van der Waals surface area contributed by atoms with Crippen molar-refractivity contribution in [2.45, 2.75) is 13.5 Å². The van der Waals surface area contributed by atoms with Crippen LogP contribution in [0.25, 0.3) is 0 Å². The van der Waals surface area contributed by atoms with Crippen LogP contribution in [0.15, 0.2) is 48.5 Å². The average Bonchev–Trinajstić information content (AvgIpc) is 2.36. The highest BCUT2D eigenvalue weighted by atomic mass is 19.1. The molecule has 94 valence electrons. The second-order valence-electron chi connectivity index (χ2n) is 4.24. The summed E-state index contributed by atoms with van der Waals surface area (Å²) < 4.78 is 13.1. The zero-order valence-corrected chi connectivity index (χ0v) is 10.4. The molecule has 2 aromatic carbocycles. The number of hydrogen-bond donors (Lipinski definition) is 1. The Morgan fingerprint density at radius 1 is 1.11 bits per heavy atom. The first-order valence-corrected chi connectivity index (χ1v) is 6.04. The molecular formula is C15H17FN2. The van der Waals surface area contributed by atoms with E-state index in [0.717, 1.165) is 23.5 Å². The van der Waals surface area contributed by atoms with Crippen molar-refractivity contribution in [3.05, 3.63) is 59.9 Å². The molecule has 2 aromatic rings. The summed E-state index contributed by atoms with van der Waals surface area (Å²) in [7, 11) is 0. The van der Waals surface area contributed by atoms with E-state index in [-0.39, 0.29) is 5.82 Å². The van der Waals surface area contributed by atoms with Gasteiger partial charge in [-0.15, -0.1) is 0 Å². The lowest BCUT2D eigenvalue weighted by Crippen LogP contribution is -2.22. The van der Waals surface area contributed by atoms with Gasteiger partial charge < -0.3 is 10.6 Å². The fourth-order valence-electron chi connectivity index (χ4n) is 1.96. The first-order valence-electron chi connectivity index (χ1n) is 6.04. The maximum Gasteiger partial charge on any atom is 0.123 e. The van der Waals surface area contributed by atoms with Crippen molar-refractivity contribution >= 4 is 11.4 Å². The molecule has 2 N–H and O–H groups in total. The molecule has 0 aliphatic carbocycles. The normalized spacial score (nSPS) is 10.3. The van der Waals surface area contributed by atoms with Gasteiger partial charge in [0.2, 0.25) is 0 Å². The van der Waals surface area contributed by atoms with Crippen LogP contribution in [0.2, 0.25) is 0 Å². The first-order chi connectivity index (χ1) is 8.69. The SMILES string of the molecule is CCN(Cc1cccc(F)c1)c1cccc(N)c1. The van der Waals surface area contributed by atoms with E-state index in [9.17, 15) is 4.39 Å². The predicted molar refractivity (Wildman–Crippen MR) is 74.0 cm³/mol. The highest BCUT2D eigenvalue weighted by molar-refractivity contribution is 5.56. The van der Waals surface area contributed by atoms with E-state index in [1.165, 1.54) is 6.07 Å². The summed E-state index contributed by atoms with van der Waals surface area (Å²) in [5.74, 6) is -0.198. The molecule has 0 spiro atoms. The van der Waals surface area contributed by atoms with E-state index >= 15 is 0 Å². The van der Waals surface area contributed by atoms with Gasteiger partial charge >= 0.3 is 0 Å². The van der Waals surface area contributed by atoms with Crippen molar-refractivity contribution < 1.29 is 4.39 Å². The van der Waals surface area contributed by atoms with E-state index in [0.29, 0.717) is 6.54 Å². The van der Waals surface area contributed by atoms with Gasteiger partial charge in [-0.05, 0) is 42.8 Å². The van der Waals surface area contributed by atoms with Gasteiger partial charge in [0.15, 0.2) is 0 Å². The zero-order valence-electron chi connectivity index (χ0n) is 10.4. The van der Waals surface area contributed by atoms with Gasteiger partial charge in [0.25, 0.3) is 0 Å². The topological polar surface area (TPSA) is 29.3 Å². The molecule has 0 heterocycles. The Labute approximate surface area is 107 Å². The summed E-state index contributed by atoms with van der Waals surface area (Å²) in [5, 5.41) is 0. The monoisotopic (exact) mass is 244 g/mol. The number of nitrogens with zero attached hydrogens (tertiary/aromatic N) is 1. The number of halogens is 1. The number of nitrogens with two attached hydrogens (primary N) is 1. The third kappa shape index (κ3) is 3.00. The summed E-state index contributed by atoms with van der Waals surface area (Å²) in [5.41, 5.74) is 8.54. The molecule has 0 saturated heterocycles. The summed E-state index contributed by atoms with van der Waals surface area (Å²) in [6.07, 6.45) is 0. The molecule has 0 radical (unpaired) electrons. The number of anilines is 2. The van der Waals surface area contributed by atoms with Crippen molar-refractivity contribution in [3.8, 4) is 0 Å². The minimum Gasteiger partial charge on any atom is -0.399 e. The third-order valence-corrected chi connectivity index (χ3v) is 2.88. The molecule has 0 saturated carbocycles. The fraction of sp³-hybridized carbons (Fsp3) is 0.200. The Kier molecular flexibility index (Phi) is 3.82. The van der Waals surface area contributed by atoms with Crippen molar-refractivity contribution in [2.24, 2.45) is 0 Å². The second-order valence-corrected chi connectivity index (χ2v) is 4.24. The minimum absolute atomic E-state index is 0.198. The van der Waals surface area contributed by atoms with Crippen molar-refractivity contribution in [1.82, 2.24) is 0 Å². The zero-order chi connectivity index (χ0) is 13.0. The molecule has 3 heteroatoms. The molecule has 0 amide bonds. The van der Waals surface area contributed by atoms with Crippen LogP contribution < -0.4 is 10.6 Å². The van der Waals surface area contributed by atoms with Gasteiger partial charge in [-0.1, -0.05) is 18.2 Å². The van der Waals surface area contributed by atoms with Crippen LogP contribution in [0.4, 0.5) is 15.8 Å². The molecule has 0 aromatic heterocycles. The van der Waals surface area contributed by atoms with Crippen LogP contribution >= 0.6 is 0 Å². The van der Waals surface area contributed by atoms with Gasteiger partial charge in [-0.2, -0.15) is 0 Å². The van der Waals surface area contributed by atoms with Crippen LogP contribution in [-0.4, -0.2) is 6.54 Å². The minimum atomic E-state index is -0.198. The first kappa shape index (κ1) is 12.4. The molecule has 0 fully saturated rings. The highest BCUT2D eigenvalue weighted by Crippen LogP contribution is 2.19. The lowest BCUT2D eigenvalue weighted by atomic mass is 10.2. The lowest BCUT2D eigenvalue weighted by molar-refractivity contribution is 0.624. The molecule has 0 aliphatic heterocycles. The molecular weight excluding hydrogens is 227 g/mol. The summed E-state index contributed by atoms with van der Waals surface area (Å²) in [6, 6.07) is 14.4. The van der Waals surface area contributed by atoms with Gasteiger partial charge in [-0.25, -0.2) is 4.39 Å².